The van der Waals surface area contributed by atoms with Gasteiger partial charge in [0.25, 0.3) is 0 Å². The smallest absolute Gasteiger partial charge is 0.225 e. The van der Waals surface area contributed by atoms with E-state index in [0.717, 1.165) is 11.1 Å². The maximum Gasteiger partial charge on any atom is 0.225 e. The van der Waals surface area contributed by atoms with E-state index in [-0.39, 0.29) is 18.0 Å². The van der Waals surface area contributed by atoms with Gasteiger partial charge >= 0.3 is 0 Å². The SMILES string of the molecule is CC(C)(C)C(=O)N[C@@H](c1ccccc1)[C@H](N)c1ccccc1. The van der Waals surface area contributed by atoms with E-state index in [9.17, 15) is 4.79 Å². The van der Waals surface area contributed by atoms with Crippen LogP contribution in [0.25, 0.3) is 0 Å². The summed E-state index contributed by atoms with van der Waals surface area (Å²) in [5.74, 6) is -0.00673. The Morgan fingerprint density at radius 3 is 1.82 bits per heavy atom. The lowest BCUT2D eigenvalue weighted by atomic mass is 9.90. The highest BCUT2D eigenvalue weighted by molar-refractivity contribution is 5.81. The van der Waals surface area contributed by atoms with Gasteiger partial charge in [0.1, 0.15) is 0 Å². The van der Waals surface area contributed by atoms with E-state index >= 15 is 0 Å². The van der Waals surface area contributed by atoms with Crippen molar-refractivity contribution in [2.45, 2.75) is 32.9 Å². The van der Waals surface area contributed by atoms with Crippen molar-refractivity contribution in [1.82, 2.24) is 5.32 Å². The summed E-state index contributed by atoms with van der Waals surface area (Å²) in [6.45, 7) is 5.70. The molecule has 0 saturated carbocycles. The second-order valence-corrected chi connectivity index (χ2v) is 6.55. The number of carbonyl (C=O) groups is 1. The van der Waals surface area contributed by atoms with Gasteiger partial charge in [0.05, 0.1) is 12.1 Å². The quantitative estimate of drug-likeness (QED) is 0.906. The maximum atomic E-state index is 12.4. The molecule has 3 nitrogen and oxygen atoms in total. The van der Waals surface area contributed by atoms with Gasteiger partial charge in [0.2, 0.25) is 5.91 Å². The molecule has 3 N–H and O–H groups in total. The fourth-order valence-corrected chi connectivity index (χ4v) is 2.27. The molecule has 0 spiro atoms. The first kappa shape index (κ1) is 16.2. The summed E-state index contributed by atoms with van der Waals surface area (Å²) in [5, 5.41) is 3.11. The van der Waals surface area contributed by atoms with Crippen LogP contribution in [0.2, 0.25) is 0 Å². The standard InChI is InChI=1S/C19H24N2O/c1-19(2,3)18(22)21-17(15-12-8-5-9-13-15)16(20)14-10-6-4-7-11-14/h4-13,16-17H,20H2,1-3H3,(H,21,22)/t16-,17+/m1/s1. The monoisotopic (exact) mass is 296 g/mol. The molecule has 0 aliphatic heterocycles. The van der Waals surface area contributed by atoms with Crippen LogP contribution in [0.15, 0.2) is 60.7 Å². The number of nitrogens with one attached hydrogen (secondary N) is 1. The first-order valence-electron chi connectivity index (χ1n) is 7.56. The molecule has 3 heteroatoms. The number of amides is 1. The third-order valence-electron chi connectivity index (χ3n) is 3.67. The molecule has 2 rings (SSSR count). The van der Waals surface area contributed by atoms with Crippen LogP contribution in [0, 0.1) is 5.41 Å². The van der Waals surface area contributed by atoms with Gasteiger partial charge in [0.15, 0.2) is 0 Å². The Labute approximate surface area is 132 Å². The Bertz CT molecular complexity index is 602. The van der Waals surface area contributed by atoms with Gasteiger partial charge in [-0.25, -0.2) is 0 Å². The molecule has 0 fully saturated rings. The minimum absolute atomic E-state index is 0.00673. The molecule has 22 heavy (non-hydrogen) atoms. The predicted molar refractivity (Wildman–Crippen MR) is 90.2 cm³/mol. The van der Waals surface area contributed by atoms with E-state index < -0.39 is 5.41 Å². The van der Waals surface area contributed by atoms with Crippen LogP contribution in [-0.4, -0.2) is 5.91 Å². The average Bonchev–Trinajstić information content (AvgIpc) is 2.52. The fourth-order valence-electron chi connectivity index (χ4n) is 2.27. The van der Waals surface area contributed by atoms with Gasteiger partial charge in [-0.05, 0) is 11.1 Å². The van der Waals surface area contributed by atoms with Crippen molar-refractivity contribution in [2.75, 3.05) is 0 Å². The van der Waals surface area contributed by atoms with Gasteiger partial charge in [0, 0.05) is 5.41 Å². The van der Waals surface area contributed by atoms with E-state index in [1.54, 1.807) is 0 Å². The van der Waals surface area contributed by atoms with Crippen molar-refractivity contribution in [3.8, 4) is 0 Å². The molecule has 0 unspecified atom stereocenters. The number of carbonyl (C=O) groups excluding carboxylic acids is 1. The number of benzene rings is 2. The van der Waals surface area contributed by atoms with Crippen molar-refractivity contribution >= 4 is 5.91 Å². The van der Waals surface area contributed by atoms with Gasteiger partial charge in [-0.3, -0.25) is 4.79 Å². The molecule has 0 saturated heterocycles. The van der Waals surface area contributed by atoms with Crippen LogP contribution in [0.4, 0.5) is 0 Å². The average molecular weight is 296 g/mol. The minimum atomic E-state index is -0.455. The topological polar surface area (TPSA) is 55.1 Å². The zero-order valence-corrected chi connectivity index (χ0v) is 13.4. The third-order valence-corrected chi connectivity index (χ3v) is 3.67. The van der Waals surface area contributed by atoms with Crippen LogP contribution < -0.4 is 11.1 Å². The molecular formula is C19H24N2O. The molecule has 2 atom stereocenters. The first-order chi connectivity index (χ1) is 10.4. The van der Waals surface area contributed by atoms with Crippen LogP contribution in [0.5, 0.6) is 0 Å². The largest absolute Gasteiger partial charge is 0.347 e. The minimum Gasteiger partial charge on any atom is -0.347 e. The molecular weight excluding hydrogens is 272 g/mol. The zero-order valence-electron chi connectivity index (χ0n) is 13.4. The van der Waals surface area contributed by atoms with Gasteiger partial charge in [-0.1, -0.05) is 81.4 Å². The molecule has 0 bridgehead atoms. The van der Waals surface area contributed by atoms with Crippen molar-refractivity contribution < 1.29 is 4.79 Å². The molecule has 0 radical (unpaired) electrons. The summed E-state index contributed by atoms with van der Waals surface area (Å²) >= 11 is 0. The lowest BCUT2D eigenvalue weighted by Gasteiger charge is -2.29. The summed E-state index contributed by atoms with van der Waals surface area (Å²) in [6.07, 6.45) is 0. The number of nitrogens with two attached hydrogens (primary N) is 1. The summed E-state index contributed by atoms with van der Waals surface area (Å²) in [4.78, 5) is 12.4. The normalized spacial score (nSPS) is 14.2. The van der Waals surface area contributed by atoms with Gasteiger partial charge in [-0.2, -0.15) is 0 Å². The lowest BCUT2D eigenvalue weighted by molar-refractivity contribution is -0.129. The van der Waals surface area contributed by atoms with Crippen molar-refractivity contribution in [3.05, 3.63) is 71.8 Å². The van der Waals surface area contributed by atoms with Crippen LogP contribution in [0.3, 0.4) is 0 Å². The molecule has 0 aromatic heterocycles. The highest BCUT2D eigenvalue weighted by Gasteiger charge is 2.28. The zero-order chi connectivity index (χ0) is 16.2. The van der Waals surface area contributed by atoms with E-state index in [1.807, 2.05) is 81.4 Å². The van der Waals surface area contributed by atoms with E-state index in [2.05, 4.69) is 5.32 Å². The van der Waals surface area contributed by atoms with Crippen molar-refractivity contribution in [3.63, 3.8) is 0 Å². The molecule has 0 aliphatic carbocycles. The maximum absolute atomic E-state index is 12.4. The van der Waals surface area contributed by atoms with Crippen LogP contribution in [-0.2, 0) is 4.79 Å². The number of rotatable bonds is 4. The highest BCUT2D eigenvalue weighted by atomic mass is 16.2. The molecule has 116 valence electrons. The number of hydrogen-bond acceptors (Lipinski definition) is 2. The number of hydrogen-bond donors (Lipinski definition) is 2. The Balaban J connectivity index is 2.32. The van der Waals surface area contributed by atoms with Gasteiger partial charge < -0.3 is 11.1 Å². The Morgan fingerprint density at radius 2 is 1.36 bits per heavy atom. The van der Waals surface area contributed by atoms with Gasteiger partial charge in [-0.15, -0.1) is 0 Å². The molecule has 0 heterocycles. The summed E-state index contributed by atoms with van der Waals surface area (Å²) < 4.78 is 0. The lowest BCUT2D eigenvalue weighted by Crippen LogP contribution is -2.41. The van der Waals surface area contributed by atoms with Crippen molar-refractivity contribution in [1.29, 1.82) is 0 Å². The second-order valence-electron chi connectivity index (χ2n) is 6.55. The highest BCUT2D eigenvalue weighted by Crippen LogP contribution is 2.28. The Morgan fingerprint density at radius 1 is 0.909 bits per heavy atom. The predicted octanol–water partition coefficient (Wildman–Crippen LogP) is 3.59. The summed E-state index contributed by atoms with van der Waals surface area (Å²) in [5.41, 5.74) is 8.01. The second kappa shape index (κ2) is 6.75. The molecule has 0 aliphatic rings. The Kier molecular flexibility index (Phi) is 4.99. The van der Waals surface area contributed by atoms with Crippen LogP contribution in [0.1, 0.15) is 44.0 Å². The van der Waals surface area contributed by atoms with E-state index in [1.165, 1.54) is 0 Å². The Hall–Kier alpha value is -2.13. The molecule has 2 aromatic carbocycles. The first-order valence-corrected chi connectivity index (χ1v) is 7.56. The third kappa shape index (κ3) is 3.95. The van der Waals surface area contributed by atoms with E-state index in [0.29, 0.717) is 0 Å². The molecule has 1 amide bonds. The van der Waals surface area contributed by atoms with Crippen molar-refractivity contribution in [2.24, 2.45) is 11.1 Å². The van der Waals surface area contributed by atoms with Crippen LogP contribution >= 0.6 is 0 Å². The summed E-state index contributed by atoms with van der Waals surface area (Å²) in [7, 11) is 0. The summed E-state index contributed by atoms with van der Waals surface area (Å²) in [6, 6.07) is 19.2. The molecule has 2 aromatic rings. The fraction of sp³-hybridized carbons (Fsp3) is 0.316. The van der Waals surface area contributed by atoms with E-state index in [4.69, 9.17) is 5.73 Å².